The molecule has 176 valence electrons. The lowest BCUT2D eigenvalue weighted by atomic mass is 10.0. The van der Waals surface area contributed by atoms with E-state index in [1.807, 2.05) is 0 Å². The minimum Gasteiger partial charge on any atom is -0.508 e. The van der Waals surface area contributed by atoms with Gasteiger partial charge in [0.25, 0.3) is 0 Å². The Balaban J connectivity index is 2.16. The Morgan fingerprint density at radius 2 is 1.66 bits per heavy atom. The van der Waals surface area contributed by atoms with Crippen molar-refractivity contribution in [2.24, 2.45) is 5.73 Å². The molecule has 1 aromatic rings. The van der Waals surface area contributed by atoms with Crippen LogP contribution in [-0.4, -0.2) is 92.9 Å². The van der Waals surface area contributed by atoms with Gasteiger partial charge in [-0.1, -0.05) is 12.1 Å². The molecule has 1 aromatic carbocycles. The van der Waals surface area contributed by atoms with Crippen molar-refractivity contribution in [2.45, 2.75) is 43.4 Å². The Labute approximate surface area is 184 Å². The van der Waals surface area contributed by atoms with E-state index in [0.29, 0.717) is 12.0 Å². The van der Waals surface area contributed by atoms with Gasteiger partial charge in [-0.25, -0.2) is 4.79 Å². The smallest absolute Gasteiger partial charge is 0.326 e. The summed E-state index contributed by atoms with van der Waals surface area (Å²) in [5.41, 5.74) is 6.06. The molecule has 32 heavy (non-hydrogen) atoms. The SMILES string of the molecule is NC(CO)C(=O)NC(Cc1ccc(O)cc1)C(=O)NC(CO)C(=O)N1CCCC1C(=O)O. The fourth-order valence-corrected chi connectivity index (χ4v) is 3.38. The molecular weight excluding hydrogens is 424 g/mol. The van der Waals surface area contributed by atoms with E-state index in [9.17, 15) is 34.5 Å². The van der Waals surface area contributed by atoms with E-state index in [4.69, 9.17) is 10.8 Å². The number of nitrogens with zero attached hydrogens (tertiary/aromatic N) is 1. The fraction of sp³-hybridized carbons (Fsp3) is 0.500. The Morgan fingerprint density at radius 1 is 1.03 bits per heavy atom. The Hall–Kier alpha value is -3.22. The first-order valence-electron chi connectivity index (χ1n) is 10.1. The molecule has 12 nitrogen and oxygen atoms in total. The number of benzene rings is 1. The van der Waals surface area contributed by atoms with E-state index in [1.54, 1.807) is 0 Å². The Kier molecular flexibility index (Phi) is 8.93. The zero-order chi connectivity index (χ0) is 23.8. The second kappa shape index (κ2) is 11.4. The summed E-state index contributed by atoms with van der Waals surface area (Å²) in [4.78, 5) is 50.2. The number of carboxylic acids is 1. The summed E-state index contributed by atoms with van der Waals surface area (Å²) in [6.45, 7) is -1.24. The molecule has 0 aliphatic carbocycles. The highest BCUT2D eigenvalue weighted by Crippen LogP contribution is 2.18. The number of aliphatic hydroxyl groups excluding tert-OH is 2. The van der Waals surface area contributed by atoms with Crippen molar-refractivity contribution < 1.29 is 39.6 Å². The molecule has 3 amide bonds. The van der Waals surface area contributed by atoms with Crippen LogP contribution in [-0.2, 0) is 25.6 Å². The molecule has 0 bridgehead atoms. The van der Waals surface area contributed by atoms with Gasteiger partial charge in [-0.15, -0.1) is 0 Å². The summed E-state index contributed by atoms with van der Waals surface area (Å²) in [7, 11) is 0. The highest BCUT2D eigenvalue weighted by atomic mass is 16.4. The zero-order valence-electron chi connectivity index (χ0n) is 17.3. The van der Waals surface area contributed by atoms with Crippen LogP contribution in [0.3, 0.4) is 0 Å². The largest absolute Gasteiger partial charge is 0.508 e. The molecule has 0 saturated carbocycles. The van der Waals surface area contributed by atoms with E-state index in [1.165, 1.54) is 24.3 Å². The minimum absolute atomic E-state index is 0.00521. The Bertz CT molecular complexity index is 831. The maximum atomic E-state index is 12.9. The number of rotatable bonds is 10. The van der Waals surface area contributed by atoms with Gasteiger partial charge < -0.3 is 41.7 Å². The van der Waals surface area contributed by atoms with Crippen molar-refractivity contribution in [3.8, 4) is 5.75 Å². The monoisotopic (exact) mass is 452 g/mol. The van der Waals surface area contributed by atoms with E-state index >= 15 is 0 Å². The van der Waals surface area contributed by atoms with Crippen LogP contribution in [0.1, 0.15) is 18.4 Å². The van der Waals surface area contributed by atoms with Crippen molar-refractivity contribution >= 4 is 23.7 Å². The van der Waals surface area contributed by atoms with Gasteiger partial charge in [0.1, 0.15) is 29.9 Å². The molecule has 1 fully saturated rings. The number of aromatic hydroxyl groups is 1. The summed E-state index contributed by atoms with van der Waals surface area (Å²) < 4.78 is 0. The van der Waals surface area contributed by atoms with E-state index in [0.717, 1.165) is 4.90 Å². The van der Waals surface area contributed by atoms with Crippen LogP contribution < -0.4 is 16.4 Å². The van der Waals surface area contributed by atoms with Crippen LogP contribution in [0.2, 0.25) is 0 Å². The molecule has 1 heterocycles. The normalized spacial score (nSPS) is 18.5. The lowest BCUT2D eigenvalue weighted by molar-refractivity contribution is -0.150. The van der Waals surface area contributed by atoms with Gasteiger partial charge in [-0.05, 0) is 30.5 Å². The average molecular weight is 452 g/mol. The van der Waals surface area contributed by atoms with Crippen LogP contribution in [0.15, 0.2) is 24.3 Å². The number of aliphatic carboxylic acids is 1. The van der Waals surface area contributed by atoms with Gasteiger partial charge in [0.2, 0.25) is 17.7 Å². The summed E-state index contributed by atoms with van der Waals surface area (Å²) in [6.07, 6.45) is 0.711. The molecule has 4 atom stereocenters. The third kappa shape index (κ3) is 6.39. The molecule has 0 aromatic heterocycles. The molecule has 2 rings (SSSR count). The van der Waals surface area contributed by atoms with Crippen molar-refractivity contribution in [1.29, 1.82) is 0 Å². The van der Waals surface area contributed by atoms with Gasteiger partial charge >= 0.3 is 5.97 Å². The van der Waals surface area contributed by atoms with Crippen LogP contribution in [0.5, 0.6) is 5.75 Å². The molecular formula is C20H28N4O8. The number of nitrogens with two attached hydrogens (primary N) is 1. The first-order chi connectivity index (χ1) is 15.2. The van der Waals surface area contributed by atoms with Gasteiger partial charge in [-0.2, -0.15) is 0 Å². The molecule has 0 radical (unpaired) electrons. The number of hydrogen-bond acceptors (Lipinski definition) is 8. The van der Waals surface area contributed by atoms with E-state index in [-0.39, 0.29) is 25.1 Å². The first kappa shape index (κ1) is 25.0. The van der Waals surface area contributed by atoms with E-state index < -0.39 is 61.1 Å². The third-order valence-electron chi connectivity index (χ3n) is 5.16. The number of aliphatic hydroxyl groups is 2. The highest BCUT2D eigenvalue weighted by Gasteiger charge is 2.38. The standard InChI is InChI=1S/C20H28N4O8/c21-13(9-25)17(28)22-14(8-11-3-5-12(27)6-4-11)18(29)23-15(10-26)19(30)24-7-1-2-16(24)20(31)32/h3-6,13-16,25-27H,1-2,7-10,21H2,(H,22,28)(H,23,29)(H,31,32). The van der Waals surface area contributed by atoms with Crippen LogP contribution in [0, 0.1) is 0 Å². The highest BCUT2D eigenvalue weighted by molar-refractivity contribution is 5.94. The number of carbonyl (C=O) groups excluding carboxylic acids is 3. The molecule has 0 spiro atoms. The van der Waals surface area contributed by atoms with Crippen LogP contribution in [0.4, 0.5) is 0 Å². The number of amides is 3. The molecule has 12 heteroatoms. The van der Waals surface area contributed by atoms with Crippen molar-refractivity contribution in [3.63, 3.8) is 0 Å². The summed E-state index contributed by atoms with van der Waals surface area (Å²) >= 11 is 0. The summed E-state index contributed by atoms with van der Waals surface area (Å²) in [5.74, 6) is -3.52. The number of carboxylic acid groups (broad SMARTS) is 1. The predicted molar refractivity (Wildman–Crippen MR) is 110 cm³/mol. The van der Waals surface area contributed by atoms with Crippen molar-refractivity contribution in [1.82, 2.24) is 15.5 Å². The van der Waals surface area contributed by atoms with Gasteiger partial charge in [0.15, 0.2) is 0 Å². The average Bonchev–Trinajstić information content (AvgIpc) is 3.27. The number of carbonyl (C=O) groups is 4. The summed E-state index contributed by atoms with van der Waals surface area (Å²) in [5, 5.41) is 42.2. The van der Waals surface area contributed by atoms with Gasteiger partial charge in [-0.3, -0.25) is 14.4 Å². The summed E-state index contributed by atoms with van der Waals surface area (Å²) in [6, 6.07) is 0.906. The molecule has 1 aliphatic rings. The molecule has 4 unspecified atom stereocenters. The lowest BCUT2D eigenvalue weighted by Gasteiger charge is -2.28. The van der Waals surface area contributed by atoms with Gasteiger partial charge in [0.05, 0.1) is 13.2 Å². The van der Waals surface area contributed by atoms with Gasteiger partial charge in [0, 0.05) is 13.0 Å². The first-order valence-corrected chi connectivity index (χ1v) is 10.1. The second-order valence-electron chi connectivity index (χ2n) is 7.49. The quantitative estimate of drug-likeness (QED) is 0.197. The molecule has 1 aliphatic heterocycles. The van der Waals surface area contributed by atoms with Crippen LogP contribution in [0.25, 0.3) is 0 Å². The van der Waals surface area contributed by atoms with Crippen molar-refractivity contribution in [3.05, 3.63) is 29.8 Å². The molecule has 8 N–H and O–H groups in total. The maximum absolute atomic E-state index is 12.9. The number of phenolic OH excluding ortho intramolecular Hbond substituents is 1. The zero-order valence-corrected chi connectivity index (χ0v) is 17.3. The van der Waals surface area contributed by atoms with Crippen molar-refractivity contribution in [2.75, 3.05) is 19.8 Å². The topological polar surface area (TPSA) is 203 Å². The minimum atomic E-state index is -1.41. The maximum Gasteiger partial charge on any atom is 0.326 e. The predicted octanol–water partition coefficient (Wildman–Crippen LogP) is -2.71. The lowest BCUT2D eigenvalue weighted by Crippen LogP contribution is -2.58. The van der Waals surface area contributed by atoms with Crippen LogP contribution >= 0.6 is 0 Å². The fourth-order valence-electron chi connectivity index (χ4n) is 3.38. The third-order valence-corrected chi connectivity index (χ3v) is 5.16. The second-order valence-corrected chi connectivity index (χ2v) is 7.49. The number of hydrogen-bond donors (Lipinski definition) is 7. The number of nitrogens with one attached hydrogen (secondary N) is 2. The Morgan fingerprint density at radius 3 is 2.22 bits per heavy atom. The number of likely N-dealkylation sites (tertiary alicyclic amines) is 1. The van der Waals surface area contributed by atoms with E-state index in [2.05, 4.69) is 10.6 Å². The molecule has 1 saturated heterocycles. The number of phenols is 1.